The lowest BCUT2D eigenvalue weighted by molar-refractivity contribution is 0.265. The Balaban J connectivity index is 2.03. The van der Waals surface area contributed by atoms with Crippen LogP contribution in [0.3, 0.4) is 0 Å². The van der Waals surface area contributed by atoms with Gasteiger partial charge in [-0.15, -0.1) is 0 Å². The Hall–Kier alpha value is -2.00. The highest BCUT2D eigenvalue weighted by Gasteiger charge is 2.36. The van der Waals surface area contributed by atoms with Gasteiger partial charge in [0.2, 0.25) is 0 Å². The van der Waals surface area contributed by atoms with E-state index in [1.165, 1.54) is 27.8 Å². The number of ether oxygens (including phenoxy) is 2. The van der Waals surface area contributed by atoms with E-state index in [1.54, 1.807) is 14.2 Å². The summed E-state index contributed by atoms with van der Waals surface area (Å²) in [5, 5.41) is 0. The van der Waals surface area contributed by atoms with Gasteiger partial charge in [-0.25, -0.2) is 0 Å². The molecule has 1 atom stereocenters. The predicted molar refractivity (Wildman–Crippen MR) is 82.9 cm³/mol. The van der Waals surface area contributed by atoms with E-state index in [9.17, 15) is 0 Å². The summed E-state index contributed by atoms with van der Waals surface area (Å²) in [6.45, 7) is 1.03. The Morgan fingerprint density at radius 1 is 1.05 bits per heavy atom. The molecule has 2 aromatic rings. The van der Waals surface area contributed by atoms with Gasteiger partial charge < -0.3 is 9.47 Å². The largest absolute Gasteiger partial charge is 0.493 e. The first-order chi connectivity index (χ1) is 10.2. The molecular formula is C18H19NO2. The molecule has 4 rings (SSSR count). The Morgan fingerprint density at radius 2 is 1.90 bits per heavy atom. The fraction of sp³-hybridized carbons (Fsp3) is 0.333. The first-order valence-electron chi connectivity index (χ1n) is 7.31. The Bertz CT molecular complexity index is 723. The molecular weight excluding hydrogens is 262 g/mol. The monoisotopic (exact) mass is 281 g/mol. The average molecular weight is 281 g/mol. The van der Waals surface area contributed by atoms with Gasteiger partial charge in [-0.3, -0.25) is 4.90 Å². The minimum absolute atomic E-state index is 0.488. The summed E-state index contributed by atoms with van der Waals surface area (Å²) in [5.74, 6) is 1.66. The molecule has 21 heavy (non-hydrogen) atoms. The van der Waals surface area contributed by atoms with Crippen LogP contribution in [0.5, 0.6) is 11.5 Å². The van der Waals surface area contributed by atoms with E-state index in [1.807, 2.05) is 6.07 Å². The zero-order chi connectivity index (χ0) is 14.6. The van der Waals surface area contributed by atoms with Crippen molar-refractivity contribution >= 4 is 0 Å². The van der Waals surface area contributed by atoms with Crippen LogP contribution in [0.25, 0.3) is 11.1 Å². The molecule has 1 aliphatic carbocycles. The number of rotatable bonds is 2. The number of hydrogen-bond acceptors (Lipinski definition) is 3. The van der Waals surface area contributed by atoms with Crippen molar-refractivity contribution in [2.24, 2.45) is 0 Å². The number of methoxy groups -OCH3 is 2. The highest BCUT2D eigenvalue weighted by atomic mass is 16.5. The summed E-state index contributed by atoms with van der Waals surface area (Å²) >= 11 is 0. The SMILES string of the molecule is COc1ccc2c(c1OC)-c1cccc3c1C(C2)N(C)C3. The third kappa shape index (κ3) is 1.64. The van der Waals surface area contributed by atoms with Gasteiger partial charge in [-0.2, -0.15) is 0 Å². The summed E-state index contributed by atoms with van der Waals surface area (Å²) in [6.07, 6.45) is 1.04. The van der Waals surface area contributed by atoms with E-state index in [0.29, 0.717) is 6.04 Å². The van der Waals surface area contributed by atoms with Crippen molar-refractivity contribution in [1.82, 2.24) is 4.90 Å². The van der Waals surface area contributed by atoms with Gasteiger partial charge in [0.15, 0.2) is 11.5 Å². The summed E-state index contributed by atoms with van der Waals surface area (Å²) in [5.41, 5.74) is 6.77. The van der Waals surface area contributed by atoms with Crippen molar-refractivity contribution < 1.29 is 9.47 Å². The van der Waals surface area contributed by atoms with Gasteiger partial charge in [0.05, 0.1) is 14.2 Å². The molecule has 0 saturated heterocycles. The summed E-state index contributed by atoms with van der Waals surface area (Å²) in [7, 11) is 5.62. The second-order valence-corrected chi connectivity index (χ2v) is 5.85. The van der Waals surface area contributed by atoms with Gasteiger partial charge in [0.25, 0.3) is 0 Å². The van der Waals surface area contributed by atoms with Crippen LogP contribution in [0.15, 0.2) is 30.3 Å². The highest BCUT2D eigenvalue weighted by molar-refractivity contribution is 5.83. The molecule has 1 aliphatic heterocycles. The molecule has 1 unspecified atom stereocenters. The predicted octanol–water partition coefficient (Wildman–Crippen LogP) is 3.41. The zero-order valence-corrected chi connectivity index (χ0v) is 12.6. The van der Waals surface area contributed by atoms with Gasteiger partial charge in [-0.1, -0.05) is 24.3 Å². The third-order valence-electron chi connectivity index (χ3n) is 4.80. The molecule has 108 valence electrons. The van der Waals surface area contributed by atoms with Crippen LogP contribution in [0.2, 0.25) is 0 Å². The Labute approximate surface area is 125 Å². The lowest BCUT2D eigenvalue weighted by Gasteiger charge is -2.30. The van der Waals surface area contributed by atoms with E-state index in [2.05, 4.69) is 36.2 Å². The molecule has 0 aromatic heterocycles. The normalized spacial score (nSPS) is 19.1. The maximum absolute atomic E-state index is 5.68. The van der Waals surface area contributed by atoms with Gasteiger partial charge >= 0.3 is 0 Å². The molecule has 0 amide bonds. The van der Waals surface area contributed by atoms with E-state index in [-0.39, 0.29) is 0 Å². The average Bonchev–Trinajstić information content (AvgIpc) is 2.83. The van der Waals surface area contributed by atoms with Gasteiger partial charge in [0.1, 0.15) is 0 Å². The van der Waals surface area contributed by atoms with Crippen molar-refractivity contribution in [2.75, 3.05) is 21.3 Å². The molecule has 1 heterocycles. The number of nitrogens with zero attached hydrogens (tertiary/aromatic N) is 1. The fourth-order valence-corrected chi connectivity index (χ4v) is 3.86. The minimum atomic E-state index is 0.488. The molecule has 0 saturated carbocycles. The first-order valence-corrected chi connectivity index (χ1v) is 7.31. The number of fused-ring (bicyclic) bond motifs is 2. The van der Waals surface area contributed by atoms with Gasteiger partial charge in [0, 0.05) is 18.2 Å². The van der Waals surface area contributed by atoms with Crippen LogP contribution in [0.1, 0.15) is 22.7 Å². The maximum atomic E-state index is 5.68. The lowest BCUT2D eigenvalue weighted by Crippen LogP contribution is -2.21. The maximum Gasteiger partial charge on any atom is 0.168 e. The van der Waals surface area contributed by atoms with E-state index in [4.69, 9.17) is 9.47 Å². The molecule has 3 nitrogen and oxygen atoms in total. The molecule has 0 spiro atoms. The van der Waals surface area contributed by atoms with E-state index < -0.39 is 0 Å². The summed E-state index contributed by atoms with van der Waals surface area (Å²) < 4.78 is 11.2. The quantitative estimate of drug-likeness (QED) is 0.842. The molecule has 2 aromatic carbocycles. The van der Waals surface area contributed by atoms with Crippen molar-refractivity contribution in [1.29, 1.82) is 0 Å². The van der Waals surface area contributed by atoms with Crippen LogP contribution < -0.4 is 9.47 Å². The fourth-order valence-electron chi connectivity index (χ4n) is 3.86. The third-order valence-corrected chi connectivity index (χ3v) is 4.80. The Morgan fingerprint density at radius 3 is 2.67 bits per heavy atom. The molecule has 0 radical (unpaired) electrons. The van der Waals surface area contributed by atoms with E-state index >= 15 is 0 Å². The topological polar surface area (TPSA) is 21.7 Å². The van der Waals surface area contributed by atoms with Crippen LogP contribution in [-0.2, 0) is 13.0 Å². The van der Waals surface area contributed by atoms with E-state index in [0.717, 1.165) is 24.5 Å². The summed E-state index contributed by atoms with van der Waals surface area (Å²) in [6, 6.07) is 11.3. The van der Waals surface area contributed by atoms with Crippen LogP contribution in [-0.4, -0.2) is 26.2 Å². The second kappa shape index (κ2) is 4.50. The van der Waals surface area contributed by atoms with Crippen molar-refractivity contribution in [3.63, 3.8) is 0 Å². The number of hydrogen-bond donors (Lipinski definition) is 0. The van der Waals surface area contributed by atoms with Crippen molar-refractivity contribution in [2.45, 2.75) is 19.0 Å². The number of likely N-dealkylation sites (N-methyl/N-ethyl adjacent to an activating group) is 1. The molecule has 0 bridgehead atoms. The second-order valence-electron chi connectivity index (χ2n) is 5.85. The Kier molecular flexibility index (Phi) is 2.73. The lowest BCUT2D eigenvalue weighted by atomic mass is 9.81. The first kappa shape index (κ1) is 12.7. The van der Waals surface area contributed by atoms with Crippen molar-refractivity contribution in [3.8, 4) is 22.6 Å². The molecule has 2 aliphatic rings. The number of benzene rings is 2. The van der Waals surface area contributed by atoms with Crippen LogP contribution >= 0.6 is 0 Å². The molecule has 0 N–H and O–H groups in total. The standard InChI is InChI=1S/C18H19NO2/c1-19-10-12-5-4-6-13-16(12)14(19)9-11-7-8-15(20-2)18(21-3)17(11)13/h4-8,14H,9-10H2,1-3H3. The zero-order valence-electron chi connectivity index (χ0n) is 12.6. The van der Waals surface area contributed by atoms with Gasteiger partial charge in [-0.05, 0) is 41.8 Å². The summed E-state index contributed by atoms with van der Waals surface area (Å²) in [4.78, 5) is 2.44. The minimum Gasteiger partial charge on any atom is -0.493 e. The smallest absolute Gasteiger partial charge is 0.168 e. The highest BCUT2D eigenvalue weighted by Crippen LogP contribution is 2.51. The van der Waals surface area contributed by atoms with Crippen molar-refractivity contribution in [3.05, 3.63) is 47.0 Å². The molecule has 0 fully saturated rings. The molecule has 3 heteroatoms. The van der Waals surface area contributed by atoms with Crippen LogP contribution in [0, 0.1) is 0 Å². The van der Waals surface area contributed by atoms with Crippen LogP contribution in [0.4, 0.5) is 0 Å².